The van der Waals surface area contributed by atoms with Crippen LogP contribution in [0.25, 0.3) is 0 Å². The number of benzene rings is 1. The molecule has 0 radical (unpaired) electrons. The average Bonchev–Trinajstić information content (AvgIpc) is 2.34. The molecule has 18 heavy (non-hydrogen) atoms. The Morgan fingerprint density at radius 1 is 1.50 bits per heavy atom. The van der Waals surface area contributed by atoms with Crippen LogP contribution >= 0.6 is 0 Å². The minimum atomic E-state index is -1.04. The molecule has 0 aliphatic carbocycles. The molecule has 1 atom stereocenters. The van der Waals surface area contributed by atoms with E-state index in [0.29, 0.717) is 0 Å². The predicted molar refractivity (Wildman–Crippen MR) is 63.1 cm³/mol. The quantitative estimate of drug-likeness (QED) is 0.805. The number of carbonyl (C=O) groups is 1. The molecule has 0 saturated carbocycles. The van der Waals surface area contributed by atoms with E-state index in [1.165, 1.54) is 12.1 Å². The fourth-order valence-electron chi connectivity index (χ4n) is 1.33. The number of hydrogen-bond acceptors (Lipinski definition) is 3. The molecule has 100 valence electrons. The van der Waals surface area contributed by atoms with Crippen molar-refractivity contribution in [3.63, 3.8) is 0 Å². The van der Waals surface area contributed by atoms with Crippen molar-refractivity contribution in [2.24, 2.45) is 5.73 Å². The lowest BCUT2D eigenvalue weighted by Gasteiger charge is -2.25. The molecule has 0 spiro atoms. The molecule has 1 unspecified atom stereocenters. The molecule has 1 rings (SSSR count). The van der Waals surface area contributed by atoms with E-state index >= 15 is 0 Å². The number of likely N-dealkylation sites (N-methyl/N-ethyl adjacent to an activating group) is 1. The highest BCUT2D eigenvalue weighted by Crippen LogP contribution is 2.20. The summed E-state index contributed by atoms with van der Waals surface area (Å²) in [4.78, 5) is 11.2. The van der Waals surface area contributed by atoms with Gasteiger partial charge < -0.3 is 15.8 Å². The zero-order valence-electron chi connectivity index (χ0n) is 10.3. The maximum absolute atomic E-state index is 13.3. The van der Waals surface area contributed by atoms with E-state index in [9.17, 15) is 13.6 Å². The third kappa shape index (κ3) is 3.16. The van der Waals surface area contributed by atoms with Crippen molar-refractivity contribution in [1.29, 1.82) is 0 Å². The van der Waals surface area contributed by atoms with E-state index in [1.54, 1.807) is 14.0 Å². The molecule has 1 amide bonds. The van der Waals surface area contributed by atoms with Gasteiger partial charge in [0.2, 0.25) is 11.7 Å². The Kier molecular flexibility index (Phi) is 4.61. The summed E-state index contributed by atoms with van der Waals surface area (Å²) in [6.45, 7) is 1.65. The molecule has 0 heterocycles. The van der Waals surface area contributed by atoms with Crippen molar-refractivity contribution in [2.75, 3.05) is 13.7 Å². The van der Waals surface area contributed by atoms with Crippen molar-refractivity contribution in [3.8, 4) is 5.75 Å². The highest BCUT2D eigenvalue weighted by atomic mass is 19.2. The average molecular weight is 258 g/mol. The fraction of sp³-hybridized carbons (Fsp3) is 0.417. The van der Waals surface area contributed by atoms with Crippen LogP contribution < -0.4 is 15.8 Å². The van der Waals surface area contributed by atoms with Gasteiger partial charge in [-0.05, 0) is 26.1 Å². The molecule has 6 heteroatoms. The zero-order valence-corrected chi connectivity index (χ0v) is 10.3. The van der Waals surface area contributed by atoms with Crippen LogP contribution in [0.5, 0.6) is 5.75 Å². The highest BCUT2D eigenvalue weighted by Gasteiger charge is 2.28. The number of halogens is 2. The second-order valence-corrected chi connectivity index (χ2v) is 4.10. The number of nitrogens with two attached hydrogens (primary N) is 1. The van der Waals surface area contributed by atoms with Crippen LogP contribution in [0.15, 0.2) is 18.2 Å². The summed E-state index contributed by atoms with van der Waals surface area (Å²) in [5.74, 6) is -2.73. The minimum Gasteiger partial charge on any atom is -0.490 e. The largest absolute Gasteiger partial charge is 0.490 e. The minimum absolute atomic E-state index is 0.0423. The number of primary amides is 1. The van der Waals surface area contributed by atoms with Gasteiger partial charge in [0.05, 0.1) is 12.1 Å². The SMILES string of the molecule is CNC(C)(CCOc1cccc(F)c1F)C(N)=O. The number of amides is 1. The molecule has 0 aliphatic rings. The van der Waals surface area contributed by atoms with Crippen LogP contribution in [0, 0.1) is 11.6 Å². The highest BCUT2D eigenvalue weighted by molar-refractivity contribution is 5.84. The Balaban J connectivity index is 2.61. The lowest BCUT2D eigenvalue weighted by atomic mass is 9.98. The zero-order chi connectivity index (χ0) is 13.8. The van der Waals surface area contributed by atoms with Gasteiger partial charge in [-0.2, -0.15) is 4.39 Å². The van der Waals surface area contributed by atoms with Crippen LogP contribution in [0.1, 0.15) is 13.3 Å². The van der Waals surface area contributed by atoms with Crippen LogP contribution in [-0.2, 0) is 4.79 Å². The number of rotatable bonds is 6. The predicted octanol–water partition coefficient (Wildman–Crippen LogP) is 1.20. The third-order valence-electron chi connectivity index (χ3n) is 2.87. The normalized spacial score (nSPS) is 14.0. The summed E-state index contributed by atoms with van der Waals surface area (Å²) in [6.07, 6.45) is 0.245. The number of ether oxygens (including phenoxy) is 1. The maximum atomic E-state index is 13.3. The number of nitrogens with one attached hydrogen (secondary N) is 1. The second-order valence-electron chi connectivity index (χ2n) is 4.10. The van der Waals surface area contributed by atoms with E-state index < -0.39 is 23.1 Å². The van der Waals surface area contributed by atoms with Crippen molar-refractivity contribution >= 4 is 5.91 Å². The molecular weight excluding hydrogens is 242 g/mol. The standard InChI is InChI=1S/C12H16F2N2O2/c1-12(16-2,11(15)17)6-7-18-9-5-3-4-8(13)10(9)14/h3-5,16H,6-7H2,1-2H3,(H2,15,17). The van der Waals surface area contributed by atoms with Gasteiger partial charge in [-0.3, -0.25) is 4.79 Å². The molecule has 4 nitrogen and oxygen atoms in total. The smallest absolute Gasteiger partial charge is 0.237 e. The van der Waals surface area contributed by atoms with Gasteiger partial charge in [-0.25, -0.2) is 4.39 Å². The first-order chi connectivity index (χ1) is 8.40. The second kappa shape index (κ2) is 5.77. The van der Waals surface area contributed by atoms with Gasteiger partial charge >= 0.3 is 0 Å². The van der Waals surface area contributed by atoms with E-state index in [-0.39, 0.29) is 18.8 Å². The molecule has 3 N–H and O–H groups in total. The Bertz CT molecular complexity index is 440. The summed E-state index contributed by atoms with van der Waals surface area (Å²) in [6, 6.07) is 3.67. The molecular formula is C12H16F2N2O2. The van der Waals surface area contributed by atoms with E-state index in [4.69, 9.17) is 10.5 Å². The lowest BCUT2D eigenvalue weighted by Crippen LogP contribution is -2.52. The maximum Gasteiger partial charge on any atom is 0.237 e. The summed E-state index contributed by atoms with van der Waals surface area (Å²) in [7, 11) is 1.59. The lowest BCUT2D eigenvalue weighted by molar-refractivity contribution is -0.124. The molecule has 1 aromatic carbocycles. The van der Waals surface area contributed by atoms with Crippen LogP contribution in [0.3, 0.4) is 0 Å². The van der Waals surface area contributed by atoms with E-state index in [1.807, 2.05) is 0 Å². The topological polar surface area (TPSA) is 64.3 Å². The van der Waals surface area contributed by atoms with Gasteiger partial charge in [-0.1, -0.05) is 6.07 Å². The third-order valence-corrected chi connectivity index (χ3v) is 2.87. The van der Waals surface area contributed by atoms with E-state index in [2.05, 4.69) is 5.32 Å². The Hall–Kier alpha value is -1.69. The molecule has 0 aliphatic heterocycles. The van der Waals surface area contributed by atoms with Gasteiger partial charge in [-0.15, -0.1) is 0 Å². The molecule has 0 bridgehead atoms. The van der Waals surface area contributed by atoms with Crippen molar-refractivity contribution < 1.29 is 18.3 Å². The molecule has 1 aromatic rings. The summed E-state index contributed by atoms with van der Waals surface area (Å²) >= 11 is 0. The van der Waals surface area contributed by atoms with Crippen molar-refractivity contribution in [3.05, 3.63) is 29.8 Å². The van der Waals surface area contributed by atoms with E-state index in [0.717, 1.165) is 6.07 Å². The van der Waals surface area contributed by atoms with Gasteiger partial charge in [0.1, 0.15) is 0 Å². The first-order valence-corrected chi connectivity index (χ1v) is 5.46. The van der Waals surface area contributed by atoms with Gasteiger partial charge in [0.15, 0.2) is 11.6 Å². The molecule has 0 fully saturated rings. The van der Waals surface area contributed by atoms with Crippen LogP contribution in [-0.4, -0.2) is 25.1 Å². The summed E-state index contributed by atoms with van der Waals surface area (Å²) in [5.41, 5.74) is 4.28. The molecule has 0 aromatic heterocycles. The van der Waals surface area contributed by atoms with Crippen LogP contribution in [0.4, 0.5) is 8.78 Å². The fourth-order valence-corrected chi connectivity index (χ4v) is 1.33. The monoisotopic (exact) mass is 258 g/mol. The number of carbonyl (C=O) groups excluding carboxylic acids is 1. The first kappa shape index (κ1) is 14.4. The Morgan fingerprint density at radius 3 is 2.72 bits per heavy atom. The van der Waals surface area contributed by atoms with Crippen molar-refractivity contribution in [2.45, 2.75) is 18.9 Å². The van der Waals surface area contributed by atoms with Crippen LogP contribution in [0.2, 0.25) is 0 Å². The van der Waals surface area contributed by atoms with Crippen molar-refractivity contribution in [1.82, 2.24) is 5.32 Å². The summed E-state index contributed by atoms with van der Waals surface area (Å²) < 4.78 is 31.3. The first-order valence-electron chi connectivity index (χ1n) is 5.46. The Labute approximate surface area is 104 Å². The Morgan fingerprint density at radius 2 is 2.17 bits per heavy atom. The summed E-state index contributed by atoms with van der Waals surface area (Å²) in [5, 5.41) is 2.77. The number of hydrogen-bond donors (Lipinski definition) is 2. The van der Waals surface area contributed by atoms with Gasteiger partial charge in [0, 0.05) is 6.42 Å². The van der Waals surface area contributed by atoms with Gasteiger partial charge in [0.25, 0.3) is 0 Å². The molecule has 0 saturated heterocycles.